The first kappa shape index (κ1) is 15.5. The van der Waals surface area contributed by atoms with E-state index in [9.17, 15) is 4.79 Å². The minimum Gasteiger partial charge on any atom is -0.497 e. The summed E-state index contributed by atoms with van der Waals surface area (Å²) in [6.45, 7) is 1.79. The van der Waals surface area contributed by atoms with Crippen molar-refractivity contribution in [2.45, 2.75) is 6.92 Å². The Kier molecular flexibility index (Phi) is 5.08. The third-order valence-corrected chi connectivity index (χ3v) is 3.07. The van der Waals surface area contributed by atoms with Crippen LogP contribution >= 0.6 is 0 Å². The van der Waals surface area contributed by atoms with Gasteiger partial charge in [-0.05, 0) is 31.2 Å². The van der Waals surface area contributed by atoms with Crippen LogP contribution in [-0.2, 0) is 0 Å². The summed E-state index contributed by atoms with van der Waals surface area (Å²) in [6, 6.07) is 8.64. The molecule has 0 saturated carbocycles. The number of pyridine rings is 1. The van der Waals surface area contributed by atoms with Crippen LogP contribution < -0.4 is 14.9 Å². The summed E-state index contributed by atoms with van der Waals surface area (Å²) in [5.74, 6) is 1.02. The number of carbonyl (C=O) groups excluding carboxylic acids is 1. The second-order valence-electron chi connectivity index (χ2n) is 4.44. The first-order valence-electron chi connectivity index (χ1n) is 6.62. The summed E-state index contributed by atoms with van der Waals surface area (Å²) in [5, 5.41) is 4.11. The molecule has 0 aliphatic carbocycles. The highest BCUT2D eigenvalue weighted by molar-refractivity contribution is 6.02. The van der Waals surface area contributed by atoms with Crippen LogP contribution in [0, 0.1) is 0 Å². The fourth-order valence-electron chi connectivity index (χ4n) is 1.86. The summed E-state index contributed by atoms with van der Waals surface area (Å²) < 4.78 is 10.5. The maximum Gasteiger partial charge on any atom is 0.271 e. The largest absolute Gasteiger partial charge is 0.497 e. The van der Waals surface area contributed by atoms with Crippen molar-refractivity contribution in [1.82, 2.24) is 10.4 Å². The molecule has 0 aliphatic heterocycles. The Morgan fingerprint density at radius 1 is 1.14 bits per heavy atom. The lowest BCUT2D eigenvalue weighted by Crippen LogP contribution is -2.19. The third kappa shape index (κ3) is 3.60. The lowest BCUT2D eigenvalue weighted by Gasteiger charge is -2.10. The van der Waals surface area contributed by atoms with Crippen molar-refractivity contribution in [2.24, 2.45) is 5.10 Å². The SMILES string of the molecule is COc1ccc(/C(C)=N/NC(=O)c2ccncc2)c(OC)c1. The van der Waals surface area contributed by atoms with Crippen LogP contribution in [0.1, 0.15) is 22.8 Å². The van der Waals surface area contributed by atoms with E-state index in [0.29, 0.717) is 22.8 Å². The van der Waals surface area contributed by atoms with Gasteiger partial charge in [-0.15, -0.1) is 0 Å². The molecule has 1 heterocycles. The molecule has 6 heteroatoms. The number of hydrogen-bond donors (Lipinski definition) is 1. The summed E-state index contributed by atoms with van der Waals surface area (Å²) >= 11 is 0. The summed E-state index contributed by atoms with van der Waals surface area (Å²) in [6.07, 6.45) is 3.11. The van der Waals surface area contributed by atoms with Gasteiger partial charge in [0.1, 0.15) is 11.5 Å². The van der Waals surface area contributed by atoms with Crippen molar-refractivity contribution in [3.8, 4) is 11.5 Å². The highest BCUT2D eigenvalue weighted by Gasteiger charge is 2.09. The molecule has 0 spiro atoms. The normalized spacial score (nSPS) is 11.0. The Balaban J connectivity index is 2.17. The van der Waals surface area contributed by atoms with Gasteiger partial charge in [0.15, 0.2) is 0 Å². The lowest BCUT2D eigenvalue weighted by molar-refractivity contribution is 0.0954. The Bertz CT molecular complexity index is 684. The van der Waals surface area contributed by atoms with Gasteiger partial charge >= 0.3 is 0 Å². The number of carbonyl (C=O) groups is 1. The first-order valence-corrected chi connectivity index (χ1v) is 6.62. The first-order chi connectivity index (χ1) is 10.7. The molecule has 1 aromatic heterocycles. The van der Waals surface area contributed by atoms with E-state index in [4.69, 9.17) is 9.47 Å². The second-order valence-corrected chi connectivity index (χ2v) is 4.44. The van der Waals surface area contributed by atoms with Gasteiger partial charge in [0.2, 0.25) is 0 Å². The van der Waals surface area contributed by atoms with Crippen LogP contribution in [0.4, 0.5) is 0 Å². The molecule has 1 N–H and O–H groups in total. The minimum atomic E-state index is -0.297. The average Bonchev–Trinajstić information content (AvgIpc) is 2.59. The van der Waals surface area contributed by atoms with Crippen LogP contribution in [-0.4, -0.2) is 30.8 Å². The maximum absolute atomic E-state index is 11.9. The minimum absolute atomic E-state index is 0.297. The monoisotopic (exact) mass is 299 g/mol. The van der Waals surface area contributed by atoms with E-state index in [2.05, 4.69) is 15.5 Å². The van der Waals surface area contributed by atoms with Gasteiger partial charge in [0.25, 0.3) is 5.91 Å². The molecular formula is C16H17N3O3. The molecule has 1 amide bonds. The Morgan fingerprint density at radius 2 is 1.86 bits per heavy atom. The van der Waals surface area contributed by atoms with E-state index < -0.39 is 0 Å². The van der Waals surface area contributed by atoms with Crippen LogP contribution in [0.2, 0.25) is 0 Å². The zero-order valence-electron chi connectivity index (χ0n) is 12.7. The van der Waals surface area contributed by atoms with E-state index in [1.807, 2.05) is 12.1 Å². The summed E-state index contributed by atoms with van der Waals surface area (Å²) in [5.41, 5.74) is 4.41. The van der Waals surface area contributed by atoms with Crippen LogP contribution in [0.25, 0.3) is 0 Å². The van der Waals surface area contributed by atoms with Gasteiger partial charge in [0, 0.05) is 29.6 Å². The molecule has 6 nitrogen and oxygen atoms in total. The number of aromatic nitrogens is 1. The van der Waals surface area contributed by atoms with Crippen molar-refractivity contribution in [3.63, 3.8) is 0 Å². The molecule has 1 aromatic carbocycles. The summed E-state index contributed by atoms with van der Waals surface area (Å²) in [7, 11) is 3.16. The average molecular weight is 299 g/mol. The van der Waals surface area contributed by atoms with E-state index in [1.165, 1.54) is 0 Å². The van der Waals surface area contributed by atoms with E-state index in [1.54, 1.807) is 51.7 Å². The number of nitrogens with zero attached hydrogens (tertiary/aromatic N) is 2. The fraction of sp³-hybridized carbons (Fsp3) is 0.188. The number of rotatable bonds is 5. The topological polar surface area (TPSA) is 72.8 Å². The zero-order valence-corrected chi connectivity index (χ0v) is 12.7. The third-order valence-electron chi connectivity index (χ3n) is 3.07. The fourth-order valence-corrected chi connectivity index (χ4v) is 1.86. The van der Waals surface area contributed by atoms with Crippen LogP contribution in [0.15, 0.2) is 47.8 Å². The Hall–Kier alpha value is -2.89. The molecule has 0 radical (unpaired) electrons. The van der Waals surface area contributed by atoms with Crippen molar-refractivity contribution >= 4 is 11.6 Å². The summed E-state index contributed by atoms with van der Waals surface area (Å²) in [4.78, 5) is 15.8. The van der Waals surface area contributed by atoms with Gasteiger partial charge in [-0.2, -0.15) is 5.10 Å². The van der Waals surface area contributed by atoms with Gasteiger partial charge in [-0.3, -0.25) is 9.78 Å². The van der Waals surface area contributed by atoms with E-state index >= 15 is 0 Å². The highest BCUT2D eigenvalue weighted by Crippen LogP contribution is 2.25. The highest BCUT2D eigenvalue weighted by atomic mass is 16.5. The number of nitrogens with one attached hydrogen (secondary N) is 1. The van der Waals surface area contributed by atoms with Gasteiger partial charge in [-0.1, -0.05) is 0 Å². The molecule has 0 unspecified atom stereocenters. The molecule has 0 aliphatic rings. The smallest absolute Gasteiger partial charge is 0.271 e. The molecular weight excluding hydrogens is 282 g/mol. The van der Waals surface area contributed by atoms with Crippen LogP contribution in [0.5, 0.6) is 11.5 Å². The van der Waals surface area contributed by atoms with Crippen molar-refractivity contribution < 1.29 is 14.3 Å². The predicted molar refractivity (Wildman–Crippen MR) is 83.5 cm³/mol. The van der Waals surface area contributed by atoms with Gasteiger partial charge < -0.3 is 9.47 Å². The number of benzene rings is 1. The predicted octanol–water partition coefficient (Wildman–Crippen LogP) is 2.25. The molecule has 0 bridgehead atoms. The molecule has 0 saturated heterocycles. The molecule has 2 aromatic rings. The van der Waals surface area contributed by atoms with Crippen molar-refractivity contribution in [2.75, 3.05) is 14.2 Å². The second kappa shape index (κ2) is 7.21. The Labute approximate surface area is 128 Å². The van der Waals surface area contributed by atoms with Gasteiger partial charge in [0.05, 0.1) is 19.9 Å². The van der Waals surface area contributed by atoms with E-state index in [-0.39, 0.29) is 5.91 Å². The molecule has 0 atom stereocenters. The van der Waals surface area contributed by atoms with E-state index in [0.717, 1.165) is 5.56 Å². The number of hydrazone groups is 1. The van der Waals surface area contributed by atoms with Crippen molar-refractivity contribution in [3.05, 3.63) is 53.9 Å². The maximum atomic E-state index is 11.9. The molecule has 0 fully saturated rings. The van der Waals surface area contributed by atoms with Crippen molar-refractivity contribution in [1.29, 1.82) is 0 Å². The molecule has 2 rings (SSSR count). The number of methoxy groups -OCH3 is 2. The quantitative estimate of drug-likeness (QED) is 0.679. The number of amides is 1. The van der Waals surface area contributed by atoms with Gasteiger partial charge in [-0.25, -0.2) is 5.43 Å². The Morgan fingerprint density at radius 3 is 2.50 bits per heavy atom. The molecule has 22 heavy (non-hydrogen) atoms. The lowest BCUT2D eigenvalue weighted by atomic mass is 10.1. The van der Waals surface area contributed by atoms with Crippen LogP contribution in [0.3, 0.4) is 0 Å². The standard InChI is InChI=1S/C16H17N3O3/c1-11(14-5-4-13(21-2)10-15(14)22-3)18-19-16(20)12-6-8-17-9-7-12/h4-10H,1-3H3,(H,19,20)/b18-11+. The molecule has 114 valence electrons. The number of hydrogen-bond acceptors (Lipinski definition) is 5. The zero-order chi connectivity index (χ0) is 15.9. The number of ether oxygens (including phenoxy) is 2.